The van der Waals surface area contributed by atoms with Crippen LogP contribution >= 0.6 is 0 Å². The zero-order chi connectivity index (χ0) is 15.3. The van der Waals surface area contributed by atoms with Crippen LogP contribution in [0.5, 0.6) is 0 Å². The lowest BCUT2D eigenvalue weighted by Crippen LogP contribution is -2.34. The summed E-state index contributed by atoms with van der Waals surface area (Å²) in [5, 5.41) is 8.70. The summed E-state index contributed by atoms with van der Waals surface area (Å²) < 4.78 is 27.1. The molecule has 2 rings (SSSR count). The molecule has 6 heteroatoms. The Hall–Kier alpha value is -1.42. The van der Waals surface area contributed by atoms with Gasteiger partial charge < -0.3 is 5.11 Å². The summed E-state index contributed by atoms with van der Waals surface area (Å²) in [4.78, 5) is 4.13. The van der Waals surface area contributed by atoms with Gasteiger partial charge >= 0.3 is 0 Å². The molecule has 1 aliphatic rings. The molecule has 0 unspecified atom stereocenters. The van der Waals surface area contributed by atoms with Gasteiger partial charge in [0.2, 0.25) is 10.0 Å². The molecule has 0 bridgehead atoms. The highest BCUT2D eigenvalue weighted by molar-refractivity contribution is 7.89. The average molecular weight is 308 g/mol. The van der Waals surface area contributed by atoms with E-state index >= 15 is 0 Å². The highest BCUT2D eigenvalue weighted by atomic mass is 32.2. The van der Waals surface area contributed by atoms with Crippen LogP contribution in [0, 0.1) is 11.8 Å². The van der Waals surface area contributed by atoms with E-state index in [9.17, 15) is 8.42 Å². The third-order valence-corrected chi connectivity index (χ3v) is 5.23. The Kier molecular flexibility index (Phi) is 5.34. The van der Waals surface area contributed by atoms with Gasteiger partial charge in [0.1, 0.15) is 11.5 Å². The second-order valence-electron chi connectivity index (χ2n) is 5.07. The van der Waals surface area contributed by atoms with E-state index < -0.39 is 10.0 Å². The minimum Gasteiger partial charge on any atom is -0.384 e. The summed E-state index contributed by atoms with van der Waals surface area (Å²) in [5.41, 5.74) is 0.497. The molecule has 0 amide bonds. The molecule has 1 fully saturated rings. The molecule has 5 nitrogen and oxygen atoms in total. The van der Waals surface area contributed by atoms with Crippen molar-refractivity contribution in [2.24, 2.45) is 0 Å². The molecule has 0 atom stereocenters. The quantitative estimate of drug-likeness (QED) is 0.806. The van der Waals surface area contributed by atoms with E-state index in [2.05, 4.69) is 16.8 Å². The van der Waals surface area contributed by atoms with Crippen molar-refractivity contribution < 1.29 is 13.5 Å². The highest BCUT2D eigenvalue weighted by Gasteiger charge is 2.37. The molecular weight excluding hydrogens is 288 g/mol. The van der Waals surface area contributed by atoms with Gasteiger partial charge in [0.05, 0.1) is 0 Å². The van der Waals surface area contributed by atoms with Crippen LogP contribution in [0.4, 0.5) is 0 Å². The van der Waals surface area contributed by atoms with Gasteiger partial charge in [-0.3, -0.25) is 4.98 Å². The number of hydrogen-bond acceptors (Lipinski definition) is 4. The van der Waals surface area contributed by atoms with Crippen LogP contribution < -0.4 is 0 Å². The van der Waals surface area contributed by atoms with Gasteiger partial charge in [-0.15, -0.1) is 0 Å². The average Bonchev–Trinajstić information content (AvgIpc) is 3.30. The Labute approximate surface area is 126 Å². The first kappa shape index (κ1) is 16.0. The number of hydrogen-bond donors (Lipinski definition) is 1. The maximum atomic E-state index is 12.7. The zero-order valence-electron chi connectivity index (χ0n) is 12.1. The molecular formula is C15H20N2O3S. The first-order chi connectivity index (χ1) is 10.1. The fourth-order valence-corrected chi connectivity index (χ4v) is 3.79. The van der Waals surface area contributed by atoms with Gasteiger partial charge in [0.15, 0.2) is 0 Å². The third-order valence-electron chi connectivity index (χ3n) is 3.32. The van der Waals surface area contributed by atoms with Gasteiger partial charge in [0, 0.05) is 30.5 Å². The van der Waals surface area contributed by atoms with Gasteiger partial charge in [-0.05, 0) is 25.3 Å². The molecule has 1 saturated carbocycles. The molecule has 1 aromatic rings. The Bertz CT molecular complexity index is 642. The number of nitrogens with zero attached hydrogens (tertiary/aromatic N) is 2. The minimum atomic E-state index is -3.52. The summed E-state index contributed by atoms with van der Waals surface area (Å²) in [5.74, 6) is 5.19. The van der Waals surface area contributed by atoms with Crippen molar-refractivity contribution in [3.8, 4) is 11.8 Å². The van der Waals surface area contributed by atoms with Crippen molar-refractivity contribution in [1.29, 1.82) is 0 Å². The molecule has 0 radical (unpaired) electrons. The molecule has 1 aromatic heterocycles. The van der Waals surface area contributed by atoms with Gasteiger partial charge in [-0.25, -0.2) is 8.42 Å². The summed E-state index contributed by atoms with van der Waals surface area (Å²) >= 11 is 0. The summed E-state index contributed by atoms with van der Waals surface area (Å²) in [7, 11) is -3.52. The Balaban J connectivity index is 2.28. The number of rotatable bonds is 6. The zero-order valence-corrected chi connectivity index (χ0v) is 12.9. The second kappa shape index (κ2) is 7.03. The lowest BCUT2D eigenvalue weighted by Gasteiger charge is -2.21. The molecule has 21 heavy (non-hydrogen) atoms. The molecule has 0 spiro atoms. The van der Waals surface area contributed by atoms with Crippen LogP contribution in [0.1, 0.15) is 38.2 Å². The van der Waals surface area contributed by atoms with Crippen LogP contribution in [-0.2, 0) is 10.0 Å². The summed E-state index contributed by atoms with van der Waals surface area (Å²) in [6, 6.07) is 1.65. The third kappa shape index (κ3) is 4.03. The van der Waals surface area contributed by atoms with Gasteiger partial charge in [-0.1, -0.05) is 25.2 Å². The number of sulfonamides is 1. The maximum Gasteiger partial charge on any atom is 0.244 e. The smallest absolute Gasteiger partial charge is 0.244 e. The van der Waals surface area contributed by atoms with E-state index in [0.717, 1.165) is 25.7 Å². The lowest BCUT2D eigenvalue weighted by atomic mass is 10.3. The number of unbranched alkanes of at least 4 members (excludes halogenated alkanes) is 1. The van der Waals surface area contributed by atoms with E-state index in [1.807, 2.05) is 6.92 Å². The number of pyridine rings is 1. The molecule has 1 aliphatic carbocycles. The van der Waals surface area contributed by atoms with E-state index in [4.69, 9.17) is 5.11 Å². The normalized spacial score (nSPS) is 14.8. The van der Waals surface area contributed by atoms with Crippen molar-refractivity contribution >= 4 is 10.0 Å². The van der Waals surface area contributed by atoms with E-state index in [-0.39, 0.29) is 17.5 Å². The number of aromatic nitrogens is 1. The largest absolute Gasteiger partial charge is 0.384 e. The van der Waals surface area contributed by atoms with Gasteiger partial charge in [0.25, 0.3) is 0 Å². The lowest BCUT2D eigenvalue weighted by molar-refractivity contribution is 0.350. The predicted molar refractivity (Wildman–Crippen MR) is 80.0 cm³/mol. The fraction of sp³-hybridized carbons (Fsp3) is 0.533. The molecule has 0 aliphatic heterocycles. The van der Waals surface area contributed by atoms with Crippen LogP contribution in [0.15, 0.2) is 23.4 Å². The Morgan fingerprint density at radius 1 is 1.43 bits per heavy atom. The van der Waals surface area contributed by atoms with Crippen LogP contribution in [0.25, 0.3) is 0 Å². The Morgan fingerprint density at radius 2 is 2.19 bits per heavy atom. The summed E-state index contributed by atoms with van der Waals surface area (Å²) in [6.45, 7) is 2.34. The summed E-state index contributed by atoms with van der Waals surface area (Å²) in [6.07, 6.45) is 6.53. The maximum absolute atomic E-state index is 12.7. The topological polar surface area (TPSA) is 70.5 Å². The van der Waals surface area contributed by atoms with Crippen molar-refractivity contribution in [2.75, 3.05) is 13.2 Å². The first-order valence-electron chi connectivity index (χ1n) is 7.16. The SMILES string of the molecule is CCCCN(C1CC1)S(=O)(=O)c1cncc(C#CCO)c1. The first-order valence-corrected chi connectivity index (χ1v) is 8.60. The Morgan fingerprint density at radius 3 is 2.81 bits per heavy atom. The fourth-order valence-electron chi connectivity index (χ4n) is 2.08. The second-order valence-corrected chi connectivity index (χ2v) is 6.96. The predicted octanol–water partition coefficient (Wildman–Crippen LogP) is 1.38. The number of aliphatic hydroxyl groups is 1. The van der Waals surface area contributed by atoms with E-state index in [0.29, 0.717) is 12.1 Å². The highest BCUT2D eigenvalue weighted by Crippen LogP contribution is 2.32. The van der Waals surface area contributed by atoms with E-state index in [1.54, 1.807) is 4.31 Å². The molecule has 0 saturated heterocycles. The minimum absolute atomic E-state index is 0.133. The van der Waals surface area contributed by atoms with Crippen molar-refractivity contribution in [1.82, 2.24) is 9.29 Å². The number of aliphatic hydroxyl groups excluding tert-OH is 1. The molecule has 0 aromatic carbocycles. The van der Waals surface area contributed by atoms with Crippen molar-refractivity contribution in [3.05, 3.63) is 24.0 Å². The monoisotopic (exact) mass is 308 g/mol. The molecule has 1 heterocycles. The molecule has 114 valence electrons. The van der Waals surface area contributed by atoms with Gasteiger partial charge in [-0.2, -0.15) is 4.31 Å². The van der Waals surface area contributed by atoms with Crippen LogP contribution in [0.2, 0.25) is 0 Å². The van der Waals surface area contributed by atoms with E-state index in [1.165, 1.54) is 18.5 Å². The van der Waals surface area contributed by atoms with Crippen molar-refractivity contribution in [2.45, 2.75) is 43.5 Å². The molecule has 1 N–H and O–H groups in total. The standard InChI is InChI=1S/C15H20N2O3S/c1-2-3-8-17(14-6-7-14)21(19,20)15-10-13(5-4-9-18)11-16-12-15/h10-12,14,18H,2-3,6-9H2,1H3. The van der Waals surface area contributed by atoms with Crippen LogP contribution in [0.3, 0.4) is 0 Å². The van der Waals surface area contributed by atoms with Crippen molar-refractivity contribution in [3.63, 3.8) is 0 Å². The van der Waals surface area contributed by atoms with Crippen LogP contribution in [-0.4, -0.2) is 42.0 Å².